The fourth-order valence-corrected chi connectivity index (χ4v) is 2.59. The van der Waals surface area contributed by atoms with E-state index in [1.165, 1.54) is 5.56 Å². The zero-order valence-corrected chi connectivity index (χ0v) is 10.7. The Labute approximate surface area is 101 Å². The first-order valence-corrected chi connectivity index (χ1v) is 6.14. The first-order chi connectivity index (χ1) is 7.15. The number of nitrogen functional groups attached to an aromatic ring is 1. The average Bonchev–Trinajstić information content (AvgIpc) is 2.58. The van der Waals surface area contributed by atoms with Crippen LogP contribution < -0.4 is 11.1 Å². The smallest absolute Gasteiger partial charge is 0.0938 e. The van der Waals surface area contributed by atoms with Gasteiger partial charge in [0.05, 0.1) is 20.2 Å². The Kier molecular flexibility index (Phi) is 2.98. The van der Waals surface area contributed by atoms with Crippen LogP contribution in [0.2, 0.25) is 0 Å². The molecule has 0 unspecified atom stereocenters. The minimum Gasteiger partial charge on any atom is -0.397 e. The Morgan fingerprint density at radius 1 is 1.27 bits per heavy atom. The summed E-state index contributed by atoms with van der Waals surface area (Å²) in [4.78, 5) is 0. The van der Waals surface area contributed by atoms with Crippen LogP contribution in [0.3, 0.4) is 0 Å². The molecule has 0 atom stereocenters. The van der Waals surface area contributed by atoms with Gasteiger partial charge in [0.25, 0.3) is 0 Å². The molecule has 1 heterocycles. The van der Waals surface area contributed by atoms with Gasteiger partial charge in [0.1, 0.15) is 0 Å². The highest BCUT2D eigenvalue weighted by Gasteiger charge is 2.01. The summed E-state index contributed by atoms with van der Waals surface area (Å²) in [5.74, 6) is 0. The predicted octanol–water partition coefficient (Wildman–Crippen LogP) is 4.14. The van der Waals surface area contributed by atoms with Crippen LogP contribution in [0.5, 0.6) is 0 Å². The second kappa shape index (κ2) is 4.24. The van der Waals surface area contributed by atoms with Gasteiger partial charge >= 0.3 is 0 Å². The molecule has 15 heavy (non-hydrogen) atoms. The minimum atomic E-state index is 0.769. The van der Waals surface area contributed by atoms with E-state index >= 15 is 0 Å². The van der Waals surface area contributed by atoms with Crippen LogP contribution in [0.25, 0.3) is 0 Å². The van der Waals surface area contributed by atoms with Crippen molar-refractivity contribution in [2.24, 2.45) is 0 Å². The molecule has 1 aromatic heterocycles. The molecular formula is C11H11BrN2S. The number of hydrogen-bond donors (Lipinski definition) is 2. The molecule has 3 N–H and O–H groups in total. The molecule has 0 fully saturated rings. The van der Waals surface area contributed by atoms with Crippen LogP contribution in [0.4, 0.5) is 16.4 Å². The fourth-order valence-electron chi connectivity index (χ4n) is 1.29. The van der Waals surface area contributed by atoms with Gasteiger partial charge in [-0.05, 0) is 52.7 Å². The van der Waals surface area contributed by atoms with E-state index in [4.69, 9.17) is 5.73 Å². The molecular weight excluding hydrogens is 272 g/mol. The Bertz CT molecular complexity index is 479. The lowest BCUT2D eigenvalue weighted by Crippen LogP contribution is -1.94. The van der Waals surface area contributed by atoms with Gasteiger partial charge in [-0.2, -0.15) is 0 Å². The van der Waals surface area contributed by atoms with Crippen molar-refractivity contribution < 1.29 is 0 Å². The molecule has 1 aromatic carbocycles. The van der Waals surface area contributed by atoms with E-state index in [0.717, 1.165) is 20.2 Å². The average molecular weight is 283 g/mol. The summed E-state index contributed by atoms with van der Waals surface area (Å²) in [5, 5.41) is 4.38. The van der Waals surface area contributed by atoms with Crippen molar-refractivity contribution in [3.05, 3.63) is 39.7 Å². The Hall–Kier alpha value is -1.000. The number of rotatable bonds is 2. The van der Waals surface area contributed by atoms with Crippen molar-refractivity contribution in [2.75, 3.05) is 11.1 Å². The number of aryl methyl sites for hydroxylation is 1. The maximum absolute atomic E-state index is 5.87. The molecule has 2 rings (SSSR count). The number of nitrogens with two attached hydrogens (primary N) is 1. The van der Waals surface area contributed by atoms with Crippen molar-refractivity contribution >= 4 is 43.6 Å². The van der Waals surface area contributed by atoms with E-state index in [1.807, 2.05) is 30.3 Å². The number of halogens is 1. The zero-order valence-electron chi connectivity index (χ0n) is 8.25. The van der Waals surface area contributed by atoms with E-state index in [2.05, 4.69) is 28.2 Å². The van der Waals surface area contributed by atoms with Gasteiger partial charge in [0.2, 0.25) is 0 Å². The van der Waals surface area contributed by atoms with E-state index in [0.29, 0.717) is 0 Å². The topological polar surface area (TPSA) is 38.0 Å². The number of thiophene rings is 1. The SMILES string of the molecule is Cc1ccc(N)c(Nc2ccc(Br)s2)c1. The second-order valence-corrected chi connectivity index (χ2v) is 5.78. The maximum Gasteiger partial charge on any atom is 0.0938 e. The number of anilines is 3. The van der Waals surface area contributed by atoms with Crippen LogP contribution in [-0.4, -0.2) is 0 Å². The molecule has 0 saturated heterocycles. The van der Waals surface area contributed by atoms with Crippen molar-refractivity contribution in [3.63, 3.8) is 0 Å². The summed E-state index contributed by atoms with van der Waals surface area (Å²) in [5.41, 5.74) is 8.80. The Morgan fingerprint density at radius 2 is 2.07 bits per heavy atom. The van der Waals surface area contributed by atoms with Crippen LogP contribution in [-0.2, 0) is 0 Å². The molecule has 0 saturated carbocycles. The Balaban J connectivity index is 2.27. The van der Waals surface area contributed by atoms with E-state index in [1.54, 1.807) is 11.3 Å². The van der Waals surface area contributed by atoms with Crippen LogP contribution >= 0.6 is 27.3 Å². The lowest BCUT2D eigenvalue weighted by Gasteiger charge is -2.07. The summed E-state index contributed by atoms with van der Waals surface area (Å²) < 4.78 is 1.11. The largest absolute Gasteiger partial charge is 0.397 e. The lowest BCUT2D eigenvalue weighted by atomic mass is 10.2. The predicted molar refractivity (Wildman–Crippen MR) is 70.9 cm³/mol. The van der Waals surface area contributed by atoms with Gasteiger partial charge in [-0.3, -0.25) is 0 Å². The molecule has 0 aliphatic carbocycles. The summed E-state index contributed by atoms with van der Waals surface area (Å²) in [6.07, 6.45) is 0. The van der Waals surface area contributed by atoms with Gasteiger partial charge in [-0.15, -0.1) is 11.3 Å². The summed E-state index contributed by atoms with van der Waals surface area (Å²) in [7, 11) is 0. The quantitative estimate of drug-likeness (QED) is 0.813. The third kappa shape index (κ3) is 2.52. The van der Waals surface area contributed by atoms with E-state index in [9.17, 15) is 0 Å². The molecule has 0 radical (unpaired) electrons. The van der Waals surface area contributed by atoms with Gasteiger partial charge in [-0.1, -0.05) is 6.07 Å². The molecule has 4 heteroatoms. The molecule has 2 aromatic rings. The zero-order chi connectivity index (χ0) is 10.8. The lowest BCUT2D eigenvalue weighted by molar-refractivity contribution is 1.46. The summed E-state index contributed by atoms with van der Waals surface area (Å²) in [6, 6.07) is 10.0. The molecule has 0 bridgehead atoms. The van der Waals surface area contributed by atoms with Crippen molar-refractivity contribution in [2.45, 2.75) is 6.92 Å². The second-order valence-electron chi connectivity index (χ2n) is 3.32. The third-order valence-corrected chi connectivity index (χ3v) is 3.58. The number of hydrogen-bond acceptors (Lipinski definition) is 3. The highest BCUT2D eigenvalue weighted by molar-refractivity contribution is 9.11. The minimum absolute atomic E-state index is 0.769. The molecule has 0 aliphatic rings. The van der Waals surface area contributed by atoms with Crippen molar-refractivity contribution in [3.8, 4) is 0 Å². The van der Waals surface area contributed by atoms with E-state index in [-0.39, 0.29) is 0 Å². The number of benzene rings is 1. The first kappa shape index (κ1) is 10.5. The summed E-state index contributed by atoms with van der Waals surface area (Å²) >= 11 is 5.07. The molecule has 0 aliphatic heterocycles. The molecule has 2 nitrogen and oxygen atoms in total. The molecule has 0 spiro atoms. The summed E-state index contributed by atoms with van der Waals surface area (Å²) in [6.45, 7) is 2.05. The monoisotopic (exact) mass is 282 g/mol. The van der Waals surface area contributed by atoms with E-state index < -0.39 is 0 Å². The van der Waals surface area contributed by atoms with Gasteiger partial charge in [0, 0.05) is 0 Å². The van der Waals surface area contributed by atoms with Crippen molar-refractivity contribution in [1.82, 2.24) is 0 Å². The number of nitrogens with one attached hydrogen (secondary N) is 1. The highest BCUT2D eigenvalue weighted by atomic mass is 79.9. The van der Waals surface area contributed by atoms with Crippen LogP contribution in [0.15, 0.2) is 34.1 Å². The van der Waals surface area contributed by atoms with Crippen LogP contribution in [0, 0.1) is 6.92 Å². The Morgan fingerprint density at radius 3 is 2.73 bits per heavy atom. The fraction of sp³-hybridized carbons (Fsp3) is 0.0909. The van der Waals surface area contributed by atoms with Crippen LogP contribution in [0.1, 0.15) is 5.56 Å². The van der Waals surface area contributed by atoms with Crippen molar-refractivity contribution in [1.29, 1.82) is 0 Å². The third-order valence-electron chi connectivity index (χ3n) is 2.04. The molecule has 0 amide bonds. The normalized spacial score (nSPS) is 10.3. The standard InChI is InChI=1S/C11H11BrN2S/c1-7-2-3-8(13)9(6-7)14-11-5-4-10(12)15-11/h2-6,14H,13H2,1H3. The molecule has 78 valence electrons. The van der Waals surface area contributed by atoms with Gasteiger partial charge < -0.3 is 11.1 Å². The van der Waals surface area contributed by atoms with Gasteiger partial charge in [0.15, 0.2) is 0 Å². The highest BCUT2D eigenvalue weighted by Crippen LogP contribution is 2.31. The maximum atomic E-state index is 5.87. The first-order valence-electron chi connectivity index (χ1n) is 4.53. The van der Waals surface area contributed by atoms with Gasteiger partial charge in [-0.25, -0.2) is 0 Å².